The van der Waals surface area contributed by atoms with Crippen LogP contribution in [0.25, 0.3) is 0 Å². The van der Waals surface area contributed by atoms with Crippen molar-refractivity contribution in [1.82, 2.24) is 4.90 Å². The van der Waals surface area contributed by atoms with Crippen molar-refractivity contribution in [1.29, 1.82) is 0 Å². The van der Waals surface area contributed by atoms with Gasteiger partial charge in [-0.3, -0.25) is 4.90 Å². The molecule has 6 heteroatoms. The normalized spacial score (nSPS) is 25.8. The molecule has 1 aliphatic carbocycles. The lowest BCUT2D eigenvalue weighted by atomic mass is 10.2. The maximum atomic E-state index is 12.2. The maximum Gasteiger partial charge on any atom is 0.411 e. The van der Waals surface area contributed by atoms with Gasteiger partial charge in [-0.1, -0.05) is 0 Å². The number of methoxy groups -OCH3 is 1. The Bertz CT molecular complexity index is 399. The molecule has 2 fully saturated rings. The van der Waals surface area contributed by atoms with E-state index in [1.54, 1.807) is 20.8 Å². The Hall–Kier alpha value is -1.30. The number of hydrogen-bond donors (Lipinski definition) is 0. The molecule has 0 bridgehead atoms. The zero-order chi connectivity index (χ0) is 15.6. The molecule has 2 aliphatic rings. The summed E-state index contributed by atoms with van der Waals surface area (Å²) in [7, 11) is 1.33. The number of carbonyl (C=O) groups excluding carboxylic acids is 2. The highest BCUT2D eigenvalue weighted by Gasteiger charge is 2.43. The Kier molecular flexibility index (Phi) is 4.76. The van der Waals surface area contributed by atoms with Gasteiger partial charge in [0.2, 0.25) is 0 Å². The Labute approximate surface area is 125 Å². The van der Waals surface area contributed by atoms with Gasteiger partial charge in [-0.2, -0.15) is 0 Å². The summed E-state index contributed by atoms with van der Waals surface area (Å²) in [4.78, 5) is 25.5. The Morgan fingerprint density at radius 3 is 2.43 bits per heavy atom. The SMILES string of the molecule is COC(=O)C1CC(OCC2CC2)CN1C(=O)OC(C)(C)C. The number of likely N-dealkylation sites (tertiary alicyclic amines) is 1. The summed E-state index contributed by atoms with van der Waals surface area (Å²) in [5.41, 5.74) is -0.593. The number of hydrogen-bond acceptors (Lipinski definition) is 5. The summed E-state index contributed by atoms with van der Waals surface area (Å²) in [5.74, 6) is 0.232. The third-order valence-electron chi connectivity index (χ3n) is 3.63. The summed E-state index contributed by atoms with van der Waals surface area (Å²) < 4.78 is 15.9. The van der Waals surface area contributed by atoms with Crippen molar-refractivity contribution in [3.8, 4) is 0 Å². The van der Waals surface area contributed by atoms with Crippen LogP contribution >= 0.6 is 0 Å². The molecule has 2 rings (SSSR count). The molecule has 1 amide bonds. The highest BCUT2D eigenvalue weighted by molar-refractivity contribution is 5.82. The van der Waals surface area contributed by atoms with Gasteiger partial charge in [0.1, 0.15) is 11.6 Å². The molecule has 0 N–H and O–H groups in total. The van der Waals surface area contributed by atoms with E-state index in [0.29, 0.717) is 25.5 Å². The molecule has 0 aromatic carbocycles. The summed E-state index contributed by atoms with van der Waals surface area (Å²) in [5, 5.41) is 0. The van der Waals surface area contributed by atoms with Crippen LogP contribution in [0.4, 0.5) is 4.79 Å². The van der Waals surface area contributed by atoms with Crippen LogP contribution < -0.4 is 0 Å². The van der Waals surface area contributed by atoms with Gasteiger partial charge in [0, 0.05) is 13.0 Å². The predicted octanol–water partition coefficient (Wildman–Crippen LogP) is 1.96. The standard InChI is InChI=1S/C15H25NO5/c1-15(2,3)21-14(18)16-8-11(20-9-10-5-6-10)7-12(16)13(17)19-4/h10-12H,5-9H2,1-4H3. The first-order valence-electron chi connectivity index (χ1n) is 7.49. The van der Waals surface area contributed by atoms with E-state index in [1.807, 2.05) is 0 Å². The number of nitrogens with zero attached hydrogens (tertiary/aromatic N) is 1. The van der Waals surface area contributed by atoms with Crippen LogP contribution in [0.2, 0.25) is 0 Å². The van der Waals surface area contributed by atoms with Gasteiger partial charge in [0.05, 0.1) is 19.8 Å². The van der Waals surface area contributed by atoms with Crippen molar-refractivity contribution in [3.05, 3.63) is 0 Å². The van der Waals surface area contributed by atoms with Crippen molar-refractivity contribution < 1.29 is 23.8 Å². The van der Waals surface area contributed by atoms with Crippen molar-refractivity contribution in [2.24, 2.45) is 5.92 Å². The van der Waals surface area contributed by atoms with E-state index in [0.717, 1.165) is 0 Å². The number of carbonyl (C=O) groups is 2. The summed E-state index contributed by atoms with van der Waals surface area (Å²) >= 11 is 0. The molecule has 1 saturated heterocycles. The second kappa shape index (κ2) is 6.22. The molecule has 2 unspecified atom stereocenters. The zero-order valence-corrected chi connectivity index (χ0v) is 13.3. The van der Waals surface area contributed by atoms with Crippen LogP contribution in [0.3, 0.4) is 0 Å². The zero-order valence-electron chi connectivity index (χ0n) is 13.3. The van der Waals surface area contributed by atoms with E-state index < -0.39 is 23.7 Å². The third-order valence-corrected chi connectivity index (χ3v) is 3.63. The Morgan fingerprint density at radius 1 is 1.24 bits per heavy atom. The first kappa shape index (κ1) is 16.1. The Morgan fingerprint density at radius 2 is 1.90 bits per heavy atom. The number of ether oxygens (including phenoxy) is 3. The minimum atomic E-state index is -0.617. The first-order valence-corrected chi connectivity index (χ1v) is 7.49. The second-order valence-electron chi connectivity index (χ2n) is 6.81. The average Bonchev–Trinajstić information content (AvgIpc) is 3.11. The molecule has 1 saturated carbocycles. The Balaban J connectivity index is 1.97. The molecule has 2 atom stereocenters. The highest BCUT2D eigenvalue weighted by atomic mass is 16.6. The van der Waals surface area contributed by atoms with Gasteiger partial charge in [-0.15, -0.1) is 0 Å². The van der Waals surface area contributed by atoms with E-state index in [9.17, 15) is 9.59 Å². The molecule has 21 heavy (non-hydrogen) atoms. The number of rotatable bonds is 4. The topological polar surface area (TPSA) is 65.1 Å². The van der Waals surface area contributed by atoms with E-state index in [1.165, 1.54) is 24.9 Å². The highest BCUT2D eigenvalue weighted by Crippen LogP contribution is 2.31. The van der Waals surface area contributed by atoms with Crippen LogP contribution in [-0.4, -0.2) is 55.0 Å². The largest absolute Gasteiger partial charge is 0.467 e. The van der Waals surface area contributed by atoms with Crippen molar-refractivity contribution >= 4 is 12.1 Å². The molecule has 0 radical (unpaired) electrons. The van der Waals surface area contributed by atoms with Crippen molar-refractivity contribution in [2.75, 3.05) is 20.3 Å². The van der Waals surface area contributed by atoms with Crippen LogP contribution in [0.1, 0.15) is 40.0 Å². The lowest BCUT2D eigenvalue weighted by Gasteiger charge is -2.27. The molecule has 0 aromatic rings. The van der Waals surface area contributed by atoms with Gasteiger partial charge >= 0.3 is 12.1 Å². The fourth-order valence-corrected chi connectivity index (χ4v) is 2.36. The fourth-order valence-electron chi connectivity index (χ4n) is 2.36. The molecular weight excluding hydrogens is 274 g/mol. The van der Waals surface area contributed by atoms with Crippen LogP contribution in [0.5, 0.6) is 0 Å². The molecule has 1 aliphatic heterocycles. The van der Waals surface area contributed by atoms with E-state index >= 15 is 0 Å². The molecule has 1 heterocycles. The third kappa shape index (κ3) is 4.59. The maximum absolute atomic E-state index is 12.2. The summed E-state index contributed by atoms with van der Waals surface area (Å²) in [6.45, 7) is 6.49. The smallest absolute Gasteiger partial charge is 0.411 e. The van der Waals surface area contributed by atoms with Gasteiger partial charge in [-0.05, 0) is 39.5 Å². The lowest BCUT2D eigenvalue weighted by molar-refractivity contribution is -0.145. The summed E-state index contributed by atoms with van der Waals surface area (Å²) in [6, 6.07) is -0.617. The fraction of sp³-hybridized carbons (Fsp3) is 0.867. The van der Waals surface area contributed by atoms with Gasteiger partial charge in [0.15, 0.2) is 0 Å². The number of amides is 1. The number of esters is 1. The molecule has 0 spiro atoms. The minimum Gasteiger partial charge on any atom is -0.467 e. The summed E-state index contributed by atoms with van der Waals surface area (Å²) in [6.07, 6.45) is 2.28. The van der Waals surface area contributed by atoms with E-state index in [-0.39, 0.29) is 6.10 Å². The molecule has 0 aromatic heterocycles. The molecule has 6 nitrogen and oxygen atoms in total. The minimum absolute atomic E-state index is 0.123. The van der Waals surface area contributed by atoms with Crippen molar-refractivity contribution in [3.63, 3.8) is 0 Å². The predicted molar refractivity (Wildman–Crippen MR) is 75.8 cm³/mol. The monoisotopic (exact) mass is 299 g/mol. The van der Waals surface area contributed by atoms with Crippen LogP contribution in [-0.2, 0) is 19.0 Å². The van der Waals surface area contributed by atoms with Crippen LogP contribution in [0, 0.1) is 5.92 Å². The first-order chi connectivity index (χ1) is 9.80. The lowest BCUT2D eigenvalue weighted by Crippen LogP contribution is -2.44. The van der Waals surface area contributed by atoms with Gasteiger partial charge in [0.25, 0.3) is 0 Å². The van der Waals surface area contributed by atoms with Gasteiger partial charge < -0.3 is 14.2 Å². The second-order valence-corrected chi connectivity index (χ2v) is 6.81. The quantitative estimate of drug-likeness (QED) is 0.743. The average molecular weight is 299 g/mol. The van der Waals surface area contributed by atoms with E-state index in [2.05, 4.69) is 0 Å². The van der Waals surface area contributed by atoms with E-state index in [4.69, 9.17) is 14.2 Å². The molecule has 120 valence electrons. The molecular formula is C15H25NO5. The van der Waals surface area contributed by atoms with Crippen LogP contribution in [0.15, 0.2) is 0 Å². The van der Waals surface area contributed by atoms with Gasteiger partial charge in [-0.25, -0.2) is 9.59 Å². The van der Waals surface area contributed by atoms with Crippen molar-refractivity contribution in [2.45, 2.75) is 57.8 Å².